The first kappa shape index (κ1) is 23.9. The number of Topliss-reactive ketones (excluding diaryl/α,β-unsaturated/α-hetero) is 1. The van der Waals surface area contributed by atoms with Gasteiger partial charge in [0.2, 0.25) is 0 Å². The van der Waals surface area contributed by atoms with Crippen LogP contribution in [0.25, 0.3) is 10.9 Å². The van der Waals surface area contributed by atoms with Gasteiger partial charge in [0.15, 0.2) is 0 Å². The number of amides is 2. The third-order valence-corrected chi connectivity index (χ3v) is 6.76. The highest BCUT2D eigenvalue weighted by Crippen LogP contribution is 2.30. The fourth-order valence-electron chi connectivity index (χ4n) is 4.56. The van der Waals surface area contributed by atoms with Crippen molar-refractivity contribution in [1.29, 1.82) is 0 Å². The van der Waals surface area contributed by atoms with Gasteiger partial charge in [0, 0.05) is 50.3 Å². The Balaban J connectivity index is 1.60. The van der Waals surface area contributed by atoms with E-state index in [0.717, 1.165) is 5.56 Å². The Kier molecular flexibility index (Phi) is 6.47. The molecule has 0 spiro atoms. The van der Waals surface area contributed by atoms with E-state index in [2.05, 4.69) is 4.90 Å². The predicted molar refractivity (Wildman–Crippen MR) is 128 cm³/mol. The van der Waals surface area contributed by atoms with Crippen molar-refractivity contribution < 1.29 is 18.8 Å². The molecule has 0 aliphatic carbocycles. The molecule has 4 rings (SSSR count). The van der Waals surface area contributed by atoms with Crippen molar-refractivity contribution in [2.75, 3.05) is 13.1 Å². The van der Waals surface area contributed by atoms with E-state index in [-0.39, 0.29) is 40.0 Å². The molecule has 7 nitrogen and oxygen atoms in total. The zero-order valence-electron chi connectivity index (χ0n) is 19.2. The van der Waals surface area contributed by atoms with Crippen molar-refractivity contribution >= 4 is 40.1 Å². The van der Waals surface area contributed by atoms with E-state index in [0.29, 0.717) is 30.5 Å². The highest BCUT2D eigenvalue weighted by atomic mass is 35.5. The van der Waals surface area contributed by atoms with Gasteiger partial charge in [0.05, 0.1) is 21.7 Å². The Morgan fingerprint density at radius 3 is 2.38 bits per heavy atom. The third-order valence-electron chi connectivity index (χ3n) is 6.45. The van der Waals surface area contributed by atoms with Crippen molar-refractivity contribution in [3.05, 3.63) is 70.1 Å². The van der Waals surface area contributed by atoms with Crippen LogP contribution in [-0.2, 0) is 18.4 Å². The number of nitrogens with two attached hydrogens (primary N) is 1. The first-order valence-electron chi connectivity index (χ1n) is 11.0. The van der Waals surface area contributed by atoms with Crippen LogP contribution in [-0.4, -0.2) is 57.1 Å². The van der Waals surface area contributed by atoms with Crippen LogP contribution in [0.2, 0.25) is 5.02 Å². The van der Waals surface area contributed by atoms with Crippen molar-refractivity contribution in [3.63, 3.8) is 0 Å². The smallest absolute Gasteiger partial charge is 0.289 e. The summed E-state index contributed by atoms with van der Waals surface area (Å²) in [6.45, 7) is 5.79. The number of aryl methyl sites for hydroxylation is 1. The maximum atomic E-state index is 13.5. The largest absolute Gasteiger partial charge is 0.363 e. The highest BCUT2D eigenvalue weighted by Gasteiger charge is 2.33. The minimum Gasteiger partial charge on any atom is -0.363 e. The number of fused-ring (bicyclic) bond motifs is 1. The Morgan fingerprint density at radius 1 is 1.06 bits per heavy atom. The zero-order valence-corrected chi connectivity index (χ0v) is 20.0. The number of carbonyl (C=O) groups is 3. The van der Waals surface area contributed by atoms with Gasteiger partial charge in [0.25, 0.3) is 17.6 Å². The molecule has 3 aromatic rings. The lowest BCUT2D eigenvalue weighted by Gasteiger charge is -2.44. The van der Waals surface area contributed by atoms with E-state index in [9.17, 15) is 18.8 Å². The number of ketones is 1. The molecule has 2 amide bonds. The Bertz CT molecular complexity index is 1290. The lowest BCUT2D eigenvalue weighted by atomic mass is 10.0. The van der Waals surface area contributed by atoms with Crippen LogP contribution in [0.1, 0.15) is 40.1 Å². The highest BCUT2D eigenvalue weighted by molar-refractivity contribution is 6.44. The molecule has 2 N–H and O–H groups in total. The molecule has 1 aromatic heterocycles. The molecule has 0 saturated carbocycles. The van der Waals surface area contributed by atoms with Crippen LogP contribution in [0.3, 0.4) is 0 Å². The summed E-state index contributed by atoms with van der Waals surface area (Å²) < 4.78 is 14.9. The van der Waals surface area contributed by atoms with E-state index in [1.807, 2.05) is 13.8 Å². The molecule has 9 heteroatoms. The van der Waals surface area contributed by atoms with Gasteiger partial charge in [-0.05, 0) is 43.7 Å². The summed E-state index contributed by atoms with van der Waals surface area (Å²) in [5, 5.41) is 0.722. The summed E-state index contributed by atoms with van der Waals surface area (Å²) in [4.78, 5) is 41.4. The van der Waals surface area contributed by atoms with E-state index in [4.69, 9.17) is 17.3 Å². The number of aromatic nitrogens is 1. The summed E-state index contributed by atoms with van der Waals surface area (Å²) in [5.74, 6) is -2.39. The number of piperazine rings is 1. The number of rotatable bonds is 5. The summed E-state index contributed by atoms with van der Waals surface area (Å²) in [7, 11) is 1.72. The number of primary amides is 1. The Morgan fingerprint density at radius 2 is 1.74 bits per heavy atom. The average Bonchev–Trinajstić information content (AvgIpc) is 3.11. The molecule has 178 valence electrons. The van der Waals surface area contributed by atoms with Crippen LogP contribution >= 0.6 is 11.6 Å². The number of nitrogens with zero attached hydrogens (tertiary/aromatic N) is 3. The SMILES string of the molecule is CC1CN(C(=O)c2cc3c(C(=O)C(N)=O)cn(C)c3cc2Cl)C(C)CN1Cc1ccc(F)cc1. The summed E-state index contributed by atoms with van der Waals surface area (Å²) >= 11 is 6.50. The molecular weight excluding hydrogens is 459 g/mol. The second-order valence-electron chi connectivity index (χ2n) is 8.91. The van der Waals surface area contributed by atoms with Crippen molar-refractivity contribution in [2.24, 2.45) is 12.8 Å². The van der Waals surface area contributed by atoms with Gasteiger partial charge in [-0.15, -0.1) is 0 Å². The zero-order chi connectivity index (χ0) is 24.7. The summed E-state index contributed by atoms with van der Waals surface area (Å²) in [5.41, 5.74) is 7.23. The van der Waals surface area contributed by atoms with Crippen LogP contribution in [0, 0.1) is 5.82 Å². The van der Waals surface area contributed by atoms with E-state index in [1.54, 1.807) is 40.8 Å². The second kappa shape index (κ2) is 9.19. The van der Waals surface area contributed by atoms with E-state index >= 15 is 0 Å². The summed E-state index contributed by atoms with van der Waals surface area (Å²) in [6, 6.07) is 9.59. The van der Waals surface area contributed by atoms with E-state index in [1.165, 1.54) is 18.3 Å². The number of halogens is 2. The summed E-state index contributed by atoms with van der Waals surface area (Å²) in [6.07, 6.45) is 1.52. The monoisotopic (exact) mass is 484 g/mol. The minimum atomic E-state index is -1.06. The molecule has 34 heavy (non-hydrogen) atoms. The molecule has 1 saturated heterocycles. The van der Waals surface area contributed by atoms with Gasteiger partial charge >= 0.3 is 0 Å². The lowest BCUT2D eigenvalue weighted by molar-refractivity contribution is -0.114. The van der Waals surface area contributed by atoms with Gasteiger partial charge < -0.3 is 15.2 Å². The molecular formula is C25H26ClFN4O3. The third kappa shape index (κ3) is 4.43. The first-order chi connectivity index (χ1) is 16.1. The van der Waals surface area contributed by atoms with Crippen LogP contribution in [0.4, 0.5) is 4.39 Å². The minimum absolute atomic E-state index is 0.0661. The molecule has 0 radical (unpaired) electrons. The van der Waals surface area contributed by atoms with Crippen LogP contribution < -0.4 is 5.73 Å². The molecule has 1 aliphatic heterocycles. The standard InChI is InChI=1S/C25H26ClFN4O3/c1-14-11-31(15(2)10-30(14)12-16-4-6-17(27)7-5-16)25(34)19-8-18-20(23(32)24(28)33)13-29(3)22(18)9-21(19)26/h4-9,13-15H,10-12H2,1-3H3,(H2,28,33). The van der Waals surface area contributed by atoms with Crippen LogP contribution in [0.5, 0.6) is 0 Å². The number of hydrogen-bond acceptors (Lipinski definition) is 4. The quantitative estimate of drug-likeness (QED) is 0.444. The number of hydrogen-bond donors (Lipinski definition) is 1. The maximum absolute atomic E-state index is 13.5. The van der Waals surface area contributed by atoms with Crippen molar-refractivity contribution in [1.82, 2.24) is 14.4 Å². The fraction of sp³-hybridized carbons (Fsp3) is 0.320. The van der Waals surface area contributed by atoms with Gasteiger partial charge in [-0.2, -0.15) is 0 Å². The van der Waals surface area contributed by atoms with Gasteiger partial charge in [-0.1, -0.05) is 23.7 Å². The predicted octanol–water partition coefficient (Wildman–Crippen LogP) is 3.37. The molecule has 2 heterocycles. The van der Waals surface area contributed by atoms with Crippen LogP contribution in [0.15, 0.2) is 42.6 Å². The topological polar surface area (TPSA) is 88.6 Å². The average molecular weight is 485 g/mol. The van der Waals surface area contributed by atoms with Gasteiger partial charge in [0.1, 0.15) is 5.82 Å². The normalized spacial score (nSPS) is 18.9. The maximum Gasteiger partial charge on any atom is 0.289 e. The molecule has 2 unspecified atom stereocenters. The Labute approximate surface area is 201 Å². The van der Waals surface area contributed by atoms with Gasteiger partial charge in [-0.25, -0.2) is 4.39 Å². The molecule has 2 aromatic carbocycles. The first-order valence-corrected chi connectivity index (χ1v) is 11.4. The van der Waals surface area contributed by atoms with E-state index < -0.39 is 11.7 Å². The van der Waals surface area contributed by atoms with Crippen molar-refractivity contribution in [2.45, 2.75) is 32.5 Å². The second-order valence-corrected chi connectivity index (χ2v) is 9.31. The number of benzene rings is 2. The molecule has 1 aliphatic rings. The van der Waals surface area contributed by atoms with Crippen molar-refractivity contribution in [3.8, 4) is 0 Å². The molecule has 1 fully saturated rings. The Hall–Kier alpha value is -3.23. The molecule has 2 atom stereocenters. The molecule has 0 bridgehead atoms. The fourth-order valence-corrected chi connectivity index (χ4v) is 4.80. The van der Waals surface area contributed by atoms with Gasteiger partial charge in [-0.3, -0.25) is 19.3 Å². The number of carbonyl (C=O) groups excluding carboxylic acids is 3. The lowest BCUT2D eigenvalue weighted by Crippen LogP contribution is -2.57.